The average molecular weight is 380 g/mol. The molecule has 0 saturated heterocycles. The molecule has 0 fully saturated rings. The lowest BCUT2D eigenvalue weighted by Crippen LogP contribution is -2.51. The van der Waals surface area contributed by atoms with Crippen molar-refractivity contribution in [2.45, 2.75) is 17.5 Å². The summed E-state index contributed by atoms with van der Waals surface area (Å²) in [5, 5.41) is 10.3. The summed E-state index contributed by atoms with van der Waals surface area (Å²) in [6.07, 6.45) is 0. The maximum atomic E-state index is 12.7. The van der Waals surface area contributed by atoms with Gasteiger partial charge in [-0.25, -0.2) is 8.42 Å². The van der Waals surface area contributed by atoms with E-state index in [1.165, 1.54) is 43.3 Å². The van der Waals surface area contributed by atoms with Gasteiger partial charge in [0.2, 0.25) is 15.8 Å². The van der Waals surface area contributed by atoms with Crippen molar-refractivity contribution in [1.29, 1.82) is 0 Å². The van der Waals surface area contributed by atoms with Crippen LogP contribution in [0.1, 0.15) is 12.5 Å². The molecule has 0 spiro atoms. The van der Waals surface area contributed by atoms with Gasteiger partial charge in [0.25, 0.3) is 11.5 Å². The van der Waals surface area contributed by atoms with Crippen molar-refractivity contribution in [3.05, 3.63) is 76.7 Å². The standard InChI is InChI=1S/C17H14ClNO5S/c1-11-15(20)16(21)17(24-11,12-7-9-13(18)10-8-12)19-25(22,23)14-5-3-2-4-6-14/h2-10,19-20H,1H3. The van der Waals surface area contributed by atoms with Crippen LogP contribution in [0.25, 0.3) is 0 Å². The van der Waals surface area contributed by atoms with Gasteiger partial charge in [-0.15, -0.1) is 0 Å². The Balaban J connectivity index is 2.11. The zero-order chi connectivity index (χ0) is 18.2. The lowest BCUT2D eigenvalue weighted by molar-refractivity contribution is -0.134. The molecule has 1 unspecified atom stereocenters. The van der Waals surface area contributed by atoms with E-state index in [1.54, 1.807) is 18.2 Å². The number of hydrogen-bond acceptors (Lipinski definition) is 5. The van der Waals surface area contributed by atoms with Crippen molar-refractivity contribution < 1.29 is 23.1 Å². The van der Waals surface area contributed by atoms with E-state index in [0.29, 0.717) is 5.02 Å². The maximum Gasteiger partial charge on any atom is 0.266 e. The van der Waals surface area contributed by atoms with Gasteiger partial charge in [-0.1, -0.05) is 41.9 Å². The molecule has 6 nitrogen and oxygen atoms in total. The molecular formula is C17H14ClNO5S. The SMILES string of the molecule is CC1=C(O)C(=O)C(NS(=O)(=O)c2ccccc2)(c2ccc(Cl)cc2)O1. The molecule has 1 heterocycles. The molecule has 25 heavy (non-hydrogen) atoms. The van der Waals surface area contributed by atoms with Crippen LogP contribution in [0.4, 0.5) is 0 Å². The normalized spacial score (nSPS) is 20.6. The summed E-state index contributed by atoms with van der Waals surface area (Å²) in [5.41, 5.74) is -1.89. The van der Waals surface area contributed by atoms with Crippen molar-refractivity contribution in [1.82, 2.24) is 4.72 Å². The Kier molecular flexibility index (Phi) is 4.32. The lowest BCUT2D eigenvalue weighted by atomic mass is 9.99. The molecule has 2 aromatic carbocycles. The number of halogens is 1. The van der Waals surface area contributed by atoms with Gasteiger partial charge in [-0.05, 0) is 31.2 Å². The molecule has 1 aliphatic heterocycles. The molecule has 0 aliphatic carbocycles. The van der Waals surface area contributed by atoms with E-state index in [1.807, 2.05) is 0 Å². The minimum Gasteiger partial charge on any atom is -0.502 e. The van der Waals surface area contributed by atoms with E-state index in [0.717, 1.165) is 0 Å². The number of benzene rings is 2. The third-order valence-corrected chi connectivity index (χ3v) is 5.46. The summed E-state index contributed by atoms with van der Waals surface area (Å²) in [4.78, 5) is 12.6. The minimum atomic E-state index is -4.11. The molecule has 2 N–H and O–H groups in total. The summed E-state index contributed by atoms with van der Waals surface area (Å²) < 4.78 is 33.2. The highest BCUT2D eigenvalue weighted by Gasteiger charge is 2.53. The number of nitrogens with one attached hydrogen (secondary N) is 1. The summed E-state index contributed by atoms with van der Waals surface area (Å²) in [6, 6.07) is 13.5. The number of hydrogen-bond donors (Lipinski definition) is 2. The van der Waals surface area contributed by atoms with Crippen molar-refractivity contribution in [2.24, 2.45) is 0 Å². The van der Waals surface area contributed by atoms with E-state index in [9.17, 15) is 18.3 Å². The summed E-state index contributed by atoms with van der Waals surface area (Å²) >= 11 is 5.86. The second-order valence-corrected chi connectivity index (χ2v) is 7.56. The first kappa shape index (κ1) is 17.5. The number of allylic oxidation sites excluding steroid dienone is 1. The molecule has 0 aromatic heterocycles. The summed E-state index contributed by atoms with van der Waals surface area (Å²) in [6.45, 7) is 1.38. The highest BCUT2D eigenvalue weighted by Crippen LogP contribution is 2.37. The number of aliphatic hydroxyl groups excluding tert-OH is 1. The number of rotatable bonds is 4. The van der Waals surface area contributed by atoms with Crippen molar-refractivity contribution in [3.63, 3.8) is 0 Å². The Bertz CT molecular complexity index is 954. The maximum absolute atomic E-state index is 12.7. The molecule has 0 saturated carbocycles. The predicted octanol–water partition coefficient (Wildman–Crippen LogP) is 2.86. The molecule has 8 heteroatoms. The Morgan fingerprint density at radius 3 is 2.20 bits per heavy atom. The number of sulfonamides is 1. The third-order valence-electron chi connectivity index (χ3n) is 3.76. The second kappa shape index (κ2) is 6.18. The fraction of sp³-hybridized carbons (Fsp3) is 0.118. The first-order valence-corrected chi connectivity index (χ1v) is 9.11. The van der Waals surface area contributed by atoms with Gasteiger partial charge in [0.15, 0.2) is 0 Å². The number of ether oxygens (including phenoxy) is 1. The van der Waals surface area contributed by atoms with Crippen LogP contribution < -0.4 is 4.72 Å². The molecule has 0 radical (unpaired) electrons. The largest absolute Gasteiger partial charge is 0.502 e. The highest BCUT2D eigenvalue weighted by molar-refractivity contribution is 7.89. The first-order valence-electron chi connectivity index (χ1n) is 7.25. The first-order chi connectivity index (χ1) is 11.8. The molecule has 1 atom stereocenters. The molecule has 2 aromatic rings. The van der Waals surface area contributed by atoms with Gasteiger partial charge in [0.05, 0.1) is 4.90 Å². The molecule has 0 amide bonds. The predicted molar refractivity (Wildman–Crippen MR) is 91.3 cm³/mol. The monoisotopic (exact) mass is 379 g/mol. The molecule has 0 bridgehead atoms. The minimum absolute atomic E-state index is 0.0382. The van der Waals surface area contributed by atoms with Gasteiger partial charge in [-0.3, -0.25) is 4.79 Å². The number of carbonyl (C=O) groups excluding carboxylic acids is 1. The Morgan fingerprint density at radius 2 is 1.68 bits per heavy atom. The number of Topliss-reactive ketones (excluding diaryl/α,β-unsaturated/α-hetero) is 1. The van der Waals surface area contributed by atoms with Crippen LogP contribution in [0.5, 0.6) is 0 Å². The summed E-state index contributed by atoms with van der Waals surface area (Å²) in [5.74, 6) is -1.60. The fourth-order valence-electron chi connectivity index (χ4n) is 2.50. The topological polar surface area (TPSA) is 92.7 Å². The van der Waals surface area contributed by atoms with E-state index in [2.05, 4.69) is 4.72 Å². The molecule has 1 aliphatic rings. The summed E-state index contributed by atoms with van der Waals surface area (Å²) in [7, 11) is -4.11. The van der Waals surface area contributed by atoms with Crippen LogP contribution in [-0.2, 0) is 25.3 Å². The second-order valence-electron chi connectivity index (χ2n) is 5.44. The number of ketones is 1. The average Bonchev–Trinajstić information content (AvgIpc) is 2.80. The Labute approximate surface area is 149 Å². The molecule has 3 rings (SSSR count). The van der Waals surface area contributed by atoms with Gasteiger partial charge in [0.1, 0.15) is 5.76 Å². The smallest absolute Gasteiger partial charge is 0.266 e. The zero-order valence-corrected chi connectivity index (χ0v) is 14.6. The molecular weight excluding hydrogens is 366 g/mol. The van der Waals surface area contributed by atoms with E-state index < -0.39 is 27.3 Å². The van der Waals surface area contributed by atoms with Crippen LogP contribution in [0, 0.1) is 0 Å². The van der Waals surface area contributed by atoms with Crippen molar-refractivity contribution in [3.8, 4) is 0 Å². The van der Waals surface area contributed by atoms with Crippen molar-refractivity contribution >= 4 is 27.4 Å². The fourth-order valence-corrected chi connectivity index (χ4v) is 3.89. The highest BCUT2D eigenvalue weighted by atomic mass is 35.5. The number of aliphatic hydroxyl groups is 1. The Morgan fingerprint density at radius 1 is 1.08 bits per heavy atom. The van der Waals surface area contributed by atoms with E-state index in [4.69, 9.17) is 16.3 Å². The number of carbonyl (C=O) groups is 1. The van der Waals surface area contributed by atoms with Gasteiger partial charge >= 0.3 is 0 Å². The van der Waals surface area contributed by atoms with Gasteiger partial charge in [0, 0.05) is 10.6 Å². The van der Waals surface area contributed by atoms with Crippen molar-refractivity contribution in [2.75, 3.05) is 0 Å². The van der Waals surface area contributed by atoms with E-state index in [-0.39, 0.29) is 16.2 Å². The van der Waals surface area contributed by atoms with Crippen LogP contribution in [-0.4, -0.2) is 19.3 Å². The third kappa shape index (κ3) is 3.02. The van der Waals surface area contributed by atoms with Crippen LogP contribution in [0.3, 0.4) is 0 Å². The lowest BCUT2D eigenvalue weighted by Gasteiger charge is -2.28. The quantitative estimate of drug-likeness (QED) is 0.852. The van der Waals surface area contributed by atoms with Crippen LogP contribution in [0.2, 0.25) is 5.02 Å². The van der Waals surface area contributed by atoms with Crippen LogP contribution >= 0.6 is 11.6 Å². The van der Waals surface area contributed by atoms with Crippen LogP contribution in [0.15, 0.2) is 71.0 Å². The molecule has 130 valence electrons. The van der Waals surface area contributed by atoms with E-state index >= 15 is 0 Å². The van der Waals surface area contributed by atoms with Gasteiger partial charge in [-0.2, -0.15) is 4.72 Å². The van der Waals surface area contributed by atoms with Gasteiger partial charge < -0.3 is 9.84 Å². The zero-order valence-electron chi connectivity index (χ0n) is 13.1. The Hall–Kier alpha value is -2.35.